The third kappa shape index (κ3) is 3.11. The molecule has 0 amide bonds. The average molecular weight is 352 g/mol. The maximum atomic E-state index is 10.4. The zero-order valence-corrected chi connectivity index (χ0v) is 14.5. The lowest BCUT2D eigenvalue weighted by Crippen LogP contribution is -2.05. The summed E-state index contributed by atoms with van der Waals surface area (Å²) in [5, 5.41) is 31.0. The van der Waals surface area contributed by atoms with E-state index >= 15 is 0 Å². The van der Waals surface area contributed by atoms with Gasteiger partial charge in [0, 0.05) is 17.0 Å². The van der Waals surface area contributed by atoms with E-state index in [0.717, 1.165) is 0 Å². The predicted octanol–water partition coefficient (Wildman–Crippen LogP) is 4.00. The minimum absolute atomic E-state index is 0.103. The van der Waals surface area contributed by atoms with Crippen molar-refractivity contribution >= 4 is 0 Å². The Morgan fingerprint density at radius 3 is 1.50 bits per heavy atom. The van der Waals surface area contributed by atoms with E-state index in [0.29, 0.717) is 16.7 Å². The fourth-order valence-electron chi connectivity index (χ4n) is 3.07. The molecule has 0 aliphatic carbocycles. The van der Waals surface area contributed by atoms with E-state index in [-0.39, 0.29) is 28.7 Å². The molecule has 5 heteroatoms. The zero-order chi connectivity index (χ0) is 18.7. The van der Waals surface area contributed by atoms with E-state index in [4.69, 9.17) is 9.47 Å². The molecule has 0 aromatic heterocycles. The van der Waals surface area contributed by atoms with Gasteiger partial charge in [0.1, 0.15) is 11.5 Å². The minimum Gasteiger partial charge on any atom is -0.508 e. The van der Waals surface area contributed by atoms with Crippen molar-refractivity contribution in [1.82, 2.24) is 0 Å². The molecule has 0 atom stereocenters. The summed E-state index contributed by atoms with van der Waals surface area (Å²) >= 11 is 0. The highest BCUT2D eigenvalue weighted by molar-refractivity contribution is 5.59. The van der Waals surface area contributed by atoms with E-state index in [9.17, 15) is 15.3 Å². The third-order valence-corrected chi connectivity index (χ3v) is 4.33. The van der Waals surface area contributed by atoms with Gasteiger partial charge in [-0.2, -0.15) is 0 Å². The number of phenolic OH excluding ortho intramolecular Hbond substituents is 3. The quantitative estimate of drug-likeness (QED) is 0.605. The van der Waals surface area contributed by atoms with Crippen LogP contribution in [0, 0.1) is 0 Å². The van der Waals surface area contributed by atoms with Crippen LogP contribution in [-0.2, 0) is 0 Å². The molecule has 0 aliphatic rings. The highest BCUT2D eigenvalue weighted by Gasteiger charge is 2.25. The summed E-state index contributed by atoms with van der Waals surface area (Å²) in [5.41, 5.74) is 1.92. The normalized spacial score (nSPS) is 10.7. The molecule has 0 saturated carbocycles. The van der Waals surface area contributed by atoms with Crippen LogP contribution in [0.25, 0.3) is 0 Å². The minimum atomic E-state index is -0.485. The number of benzene rings is 3. The Balaban J connectivity index is 2.29. The molecule has 0 saturated heterocycles. The first-order valence-electron chi connectivity index (χ1n) is 8.07. The highest BCUT2D eigenvalue weighted by atomic mass is 16.5. The van der Waals surface area contributed by atoms with Gasteiger partial charge in [0.05, 0.1) is 14.2 Å². The van der Waals surface area contributed by atoms with Crippen molar-refractivity contribution in [2.45, 2.75) is 5.92 Å². The standard InChI is InChI=1S/C21H20O5/c1-25-18-11-13(12-19(26-2)21(18)24)20(14-7-3-5-9-16(14)22)15-8-4-6-10-17(15)23/h3-12,20,22-24H,1-2H3. The second-order valence-corrected chi connectivity index (χ2v) is 5.82. The van der Waals surface area contributed by atoms with Gasteiger partial charge in [-0.1, -0.05) is 36.4 Å². The Morgan fingerprint density at radius 2 is 1.12 bits per heavy atom. The summed E-state index contributed by atoms with van der Waals surface area (Å²) in [6.45, 7) is 0. The van der Waals surface area contributed by atoms with Crippen molar-refractivity contribution in [2.75, 3.05) is 14.2 Å². The number of methoxy groups -OCH3 is 2. The number of hydrogen-bond donors (Lipinski definition) is 3. The fourth-order valence-corrected chi connectivity index (χ4v) is 3.07. The summed E-state index contributed by atoms with van der Waals surface area (Å²) in [5.74, 6) is 0.108. The molecule has 0 fully saturated rings. The average Bonchev–Trinajstić information content (AvgIpc) is 2.65. The van der Waals surface area contributed by atoms with Crippen LogP contribution >= 0.6 is 0 Å². The van der Waals surface area contributed by atoms with Crippen LogP contribution in [0.4, 0.5) is 0 Å². The molecule has 0 unspecified atom stereocenters. The summed E-state index contributed by atoms with van der Waals surface area (Å²) < 4.78 is 10.5. The van der Waals surface area contributed by atoms with Gasteiger partial charge in [0.2, 0.25) is 5.75 Å². The lowest BCUT2D eigenvalue weighted by atomic mass is 9.84. The van der Waals surface area contributed by atoms with Crippen molar-refractivity contribution in [1.29, 1.82) is 0 Å². The van der Waals surface area contributed by atoms with Crippen molar-refractivity contribution in [2.24, 2.45) is 0 Å². The molecule has 26 heavy (non-hydrogen) atoms. The molecular weight excluding hydrogens is 332 g/mol. The van der Waals surface area contributed by atoms with Gasteiger partial charge in [0.25, 0.3) is 0 Å². The molecule has 0 radical (unpaired) electrons. The van der Waals surface area contributed by atoms with Crippen LogP contribution < -0.4 is 9.47 Å². The molecule has 0 aliphatic heterocycles. The van der Waals surface area contributed by atoms with E-state index in [2.05, 4.69) is 0 Å². The maximum Gasteiger partial charge on any atom is 0.200 e. The van der Waals surface area contributed by atoms with E-state index < -0.39 is 5.92 Å². The van der Waals surface area contributed by atoms with E-state index in [1.165, 1.54) is 14.2 Å². The predicted molar refractivity (Wildman–Crippen MR) is 98.4 cm³/mol. The maximum absolute atomic E-state index is 10.4. The number of rotatable bonds is 5. The fraction of sp³-hybridized carbons (Fsp3) is 0.143. The molecule has 5 nitrogen and oxygen atoms in total. The second-order valence-electron chi connectivity index (χ2n) is 5.82. The summed E-state index contributed by atoms with van der Waals surface area (Å²) in [6, 6.07) is 17.2. The van der Waals surface area contributed by atoms with Crippen molar-refractivity contribution in [3.8, 4) is 28.7 Å². The van der Waals surface area contributed by atoms with Crippen LogP contribution in [0.1, 0.15) is 22.6 Å². The summed E-state index contributed by atoms with van der Waals surface area (Å²) in [6.07, 6.45) is 0. The van der Waals surface area contributed by atoms with Gasteiger partial charge in [-0.05, 0) is 29.8 Å². The van der Waals surface area contributed by atoms with Gasteiger partial charge >= 0.3 is 0 Å². The molecule has 0 spiro atoms. The van der Waals surface area contributed by atoms with Crippen molar-refractivity contribution in [3.05, 3.63) is 77.4 Å². The van der Waals surface area contributed by atoms with Gasteiger partial charge in [-0.25, -0.2) is 0 Å². The lowest BCUT2D eigenvalue weighted by molar-refractivity contribution is 0.339. The zero-order valence-electron chi connectivity index (χ0n) is 14.5. The molecule has 3 aromatic carbocycles. The number of ether oxygens (including phenoxy) is 2. The molecule has 3 rings (SSSR count). The first-order chi connectivity index (χ1) is 12.6. The Labute approximate surface area is 151 Å². The van der Waals surface area contributed by atoms with Gasteiger partial charge < -0.3 is 24.8 Å². The Hall–Kier alpha value is -3.34. The first-order valence-corrected chi connectivity index (χ1v) is 8.07. The molecule has 134 valence electrons. The summed E-state index contributed by atoms with van der Waals surface area (Å²) in [4.78, 5) is 0. The van der Waals surface area contributed by atoms with Gasteiger partial charge in [-0.15, -0.1) is 0 Å². The molecule has 0 heterocycles. The first kappa shape index (κ1) is 17.5. The molecule has 3 N–H and O–H groups in total. The molecule has 0 bridgehead atoms. The number of para-hydroxylation sites is 2. The SMILES string of the molecule is COc1cc(C(c2ccccc2O)c2ccccc2O)cc(OC)c1O. The topological polar surface area (TPSA) is 79.2 Å². The largest absolute Gasteiger partial charge is 0.508 e. The van der Waals surface area contributed by atoms with Crippen LogP contribution in [-0.4, -0.2) is 29.5 Å². The molecule has 3 aromatic rings. The monoisotopic (exact) mass is 352 g/mol. The van der Waals surface area contributed by atoms with Crippen LogP contribution in [0.5, 0.6) is 28.7 Å². The van der Waals surface area contributed by atoms with E-state index in [1.807, 2.05) is 12.1 Å². The lowest BCUT2D eigenvalue weighted by Gasteiger charge is -2.22. The van der Waals surface area contributed by atoms with Crippen molar-refractivity contribution < 1.29 is 24.8 Å². The summed E-state index contributed by atoms with van der Waals surface area (Å²) in [7, 11) is 2.90. The van der Waals surface area contributed by atoms with Crippen LogP contribution in [0.3, 0.4) is 0 Å². The Kier molecular flexibility index (Phi) is 4.89. The smallest absolute Gasteiger partial charge is 0.200 e. The van der Waals surface area contributed by atoms with E-state index in [1.54, 1.807) is 48.5 Å². The third-order valence-electron chi connectivity index (χ3n) is 4.33. The Bertz CT molecular complexity index is 849. The Morgan fingerprint density at radius 1 is 0.692 bits per heavy atom. The second kappa shape index (κ2) is 7.27. The highest BCUT2D eigenvalue weighted by Crippen LogP contribution is 2.45. The van der Waals surface area contributed by atoms with Crippen LogP contribution in [0.15, 0.2) is 60.7 Å². The van der Waals surface area contributed by atoms with Gasteiger partial charge in [0.15, 0.2) is 11.5 Å². The van der Waals surface area contributed by atoms with Crippen LogP contribution in [0.2, 0.25) is 0 Å². The number of hydrogen-bond acceptors (Lipinski definition) is 5. The number of phenols is 3. The van der Waals surface area contributed by atoms with Gasteiger partial charge in [-0.3, -0.25) is 0 Å². The molecular formula is C21H20O5. The van der Waals surface area contributed by atoms with Crippen molar-refractivity contribution in [3.63, 3.8) is 0 Å². The number of aromatic hydroxyl groups is 3.